The summed E-state index contributed by atoms with van der Waals surface area (Å²) in [5.41, 5.74) is 3.87. The molecule has 0 aliphatic rings. The molecule has 7 heteroatoms. The smallest absolute Gasteiger partial charge is 0.410 e. The van der Waals surface area contributed by atoms with E-state index in [1.165, 1.54) is 17.0 Å². The Morgan fingerprint density at radius 3 is 2.72 bits per heavy atom. The van der Waals surface area contributed by atoms with Crippen molar-refractivity contribution in [2.75, 3.05) is 7.05 Å². The maximum absolute atomic E-state index is 13.4. The Hall–Kier alpha value is -3.35. The van der Waals surface area contributed by atoms with Crippen LogP contribution >= 0.6 is 0 Å². The Balaban J connectivity index is 1.60. The number of aromatic amines is 2. The summed E-state index contributed by atoms with van der Waals surface area (Å²) in [6, 6.07) is 10.6. The summed E-state index contributed by atoms with van der Waals surface area (Å²) in [4.78, 5) is 24.6. The van der Waals surface area contributed by atoms with Crippen LogP contribution in [0, 0.1) is 5.82 Å². The van der Waals surface area contributed by atoms with Crippen LogP contribution in [0.15, 0.2) is 42.6 Å². The van der Waals surface area contributed by atoms with Crippen molar-refractivity contribution < 1.29 is 13.9 Å². The molecule has 4 rings (SSSR count). The molecule has 0 radical (unpaired) electrons. The second kappa shape index (κ2) is 6.92. The number of nitrogens with zero attached hydrogens (tertiary/aromatic N) is 2. The summed E-state index contributed by atoms with van der Waals surface area (Å²) < 4.78 is 18.8. The maximum Gasteiger partial charge on any atom is 0.410 e. The van der Waals surface area contributed by atoms with E-state index in [0.717, 1.165) is 33.1 Å². The highest BCUT2D eigenvalue weighted by atomic mass is 19.1. The summed E-state index contributed by atoms with van der Waals surface area (Å²) in [5, 5.41) is 0.954. The Kier molecular flexibility index (Phi) is 4.53. The molecule has 2 heterocycles. The monoisotopic (exact) mass is 394 g/mol. The summed E-state index contributed by atoms with van der Waals surface area (Å²) >= 11 is 0. The van der Waals surface area contributed by atoms with Gasteiger partial charge < -0.3 is 19.6 Å². The average molecular weight is 394 g/mol. The molecule has 150 valence electrons. The Bertz CT molecular complexity index is 1200. The minimum absolute atomic E-state index is 0.270. The SMILES string of the molecule is CN(Cc1nc2ccc(-c3c[nH]c4cc(F)ccc34)cc2[nH]1)C(=O)OC(C)(C)C. The van der Waals surface area contributed by atoms with Crippen molar-refractivity contribution in [3.05, 3.63) is 54.2 Å². The van der Waals surface area contributed by atoms with Gasteiger partial charge in [-0.15, -0.1) is 0 Å². The molecule has 0 saturated carbocycles. The molecular formula is C22H23FN4O2. The molecule has 1 amide bonds. The van der Waals surface area contributed by atoms with Gasteiger partial charge in [0, 0.05) is 29.7 Å². The lowest BCUT2D eigenvalue weighted by molar-refractivity contribution is 0.0281. The maximum atomic E-state index is 13.4. The highest BCUT2D eigenvalue weighted by Gasteiger charge is 2.20. The van der Waals surface area contributed by atoms with Crippen LogP contribution in [0.4, 0.5) is 9.18 Å². The number of hydrogen-bond acceptors (Lipinski definition) is 3. The third-order valence-corrected chi connectivity index (χ3v) is 4.58. The largest absolute Gasteiger partial charge is 0.444 e. The van der Waals surface area contributed by atoms with Crippen molar-refractivity contribution in [3.63, 3.8) is 0 Å². The van der Waals surface area contributed by atoms with E-state index in [1.807, 2.05) is 45.2 Å². The van der Waals surface area contributed by atoms with E-state index in [2.05, 4.69) is 15.0 Å². The molecular weight excluding hydrogens is 371 g/mol. The number of benzene rings is 2. The first-order valence-corrected chi connectivity index (χ1v) is 9.39. The number of carbonyl (C=O) groups excluding carboxylic acids is 1. The number of rotatable bonds is 3. The van der Waals surface area contributed by atoms with E-state index in [1.54, 1.807) is 13.1 Å². The predicted octanol–water partition coefficient (Wildman–Crippen LogP) is 5.22. The van der Waals surface area contributed by atoms with Gasteiger partial charge in [-0.3, -0.25) is 0 Å². The minimum atomic E-state index is -0.545. The molecule has 2 N–H and O–H groups in total. The molecule has 6 nitrogen and oxygen atoms in total. The fraction of sp³-hybridized carbons (Fsp3) is 0.273. The molecule has 4 aromatic rings. The van der Waals surface area contributed by atoms with E-state index in [-0.39, 0.29) is 5.82 Å². The van der Waals surface area contributed by atoms with Gasteiger partial charge in [-0.1, -0.05) is 6.07 Å². The molecule has 0 unspecified atom stereocenters. The third-order valence-electron chi connectivity index (χ3n) is 4.58. The van der Waals surface area contributed by atoms with Gasteiger partial charge in [0.2, 0.25) is 0 Å². The fourth-order valence-electron chi connectivity index (χ4n) is 3.27. The van der Waals surface area contributed by atoms with Crippen molar-refractivity contribution in [2.45, 2.75) is 32.9 Å². The fourth-order valence-corrected chi connectivity index (χ4v) is 3.27. The van der Waals surface area contributed by atoms with E-state index >= 15 is 0 Å². The van der Waals surface area contributed by atoms with Gasteiger partial charge in [-0.25, -0.2) is 14.2 Å². The molecule has 0 spiro atoms. The first-order valence-electron chi connectivity index (χ1n) is 9.39. The molecule has 2 aromatic heterocycles. The van der Waals surface area contributed by atoms with E-state index in [4.69, 9.17) is 4.74 Å². The van der Waals surface area contributed by atoms with Gasteiger partial charge in [0.15, 0.2) is 0 Å². The molecule has 0 atom stereocenters. The summed E-state index contributed by atoms with van der Waals surface area (Å²) in [6.07, 6.45) is 1.48. The van der Waals surface area contributed by atoms with Crippen LogP contribution in [0.1, 0.15) is 26.6 Å². The van der Waals surface area contributed by atoms with Crippen molar-refractivity contribution in [1.29, 1.82) is 0 Å². The number of H-pyrrole nitrogens is 2. The lowest BCUT2D eigenvalue weighted by Gasteiger charge is -2.24. The van der Waals surface area contributed by atoms with Crippen LogP contribution in [0.5, 0.6) is 0 Å². The number of halogens is 1. The zero-order valence-corrected chi connectivity index (χ0v) is 16.8. The first-order chi connectivity index (χ1) is 13.7. The number of carbonyl (C=O) groups is 1. The van der Waals surface area contributed by atoms with Gasteiger partial charge in [-0.2, -0.15) is 0 Å². The van der Waals surface area contributed by atoms with E-state index in [9.17, 15) is 9.18 Å². The van der Waals surface area contributed by atoms with Crippen LogP contribution < -0.4 is 0 Å². The number of nitrogens with one attached hydrogen (secondary N) is 2. The zero-order chi connectivity index (χ0) is 20.8. The average Bonchev–Trinajstić information content (AvgIpc) is 3.22. The molecule has 0 saturated heterocycles. The van der Waals surface area contributed by atoms with E-state index < -0.39 is 11.7 Å². The number of imidazole rings is 1. The van der Waals surface area contributed by atoms with Crippen LogP contribution in [0.25, 0.3) is 33.1 Å². The first kappa shape index (κ1) is 19.0. The highest BCUT2D eigenvalue weighted by Crippen LogP contribution is 2.30. The highest BCUT2D eigenvalue weighted by molar-refractivity contribution is 5.97. The van der Waals surface area contributed by atoms with Crippen molar-refractivity contribution >= 4 is 28.0 Å². The number of amides is 1. The number of ether oxygens (including phenoxy) is 1. The predicted molar refractivity (Wildman–Crippen MR) is 111 cm³/mol. The quantitative estimate of drug-likeness (QED) is 0.500. The van der Waals surface area contributed by atoms with Gasteiger partial charge in [-0.05, 0) is 56.7 Å². The second-order valence-corrected chi connectivity index (χ2v) is 8.14. The van der Waals surface area contributed by atoms with Crippen molar-refractivity contribution in [2.24, 2.45) is 0 Å². The Morgan fingerprint density at radius 2 is 1.97 bits per heavy atom. The Labute approximate surface area is 167 Å². The van der Waals surface area contributed by atoms with E-state index in [0.29, 0.717) is 12.4 Å². The summed E-state index contributed by atoms with van der Waals surface area (Å²) in [7, 11) is 1.68. The molecule has 0 aliphatic heterocycles. The zero-order valence-electron chi connectivity index (χ0n) is 16.8. The molecule has 2 aromatic carbocycles. The lowest BCUT2D eigenvalue weighted by atomic mass is 10.0. The number of aromatic nitrogens is 3. The van der Waals surface area contributed by atoms with Gasteiger partial charge in [0.1, 0.15) is 17.2 Å². The van der Waals surface area contributed by atoms with Crippen molar-refractivity contribution in [3.8, 4) is 11.1 Å². The molecule has 0 fully saturated rings. The van der Waals surface area contributed by atoms with Crippen LogP contribution in [0.3, 0.4) is 0 Å². The Morgan fingerprint density at radius 1 is 1.17 bits per heavy atom. The minimum Gasteiger partial charge on any atom is -0.444 e. The number of hydrogen-bond donors (Lipinski definition) is 2. The van der Waals surface area contributed by atoms with Crippen molar-refractivity contribution in [1.82, 2.24) is 19.9 Å². The number of fused-ring (bicyclic) bond motifs is 2. The molecule has 0 bridgehead atoms. The second-order valence-electron chi connectivity index (χ2n) is 8.14. The van der Waals surface area contributed by atoms with Crippen LogP contribution in [-0.4, -0.2) is 38.6 Å². The lowest BCUT2D eigenvalue weighted by Crippen LogP contribution is -2.34. The van der Waals surface area contributed by atoms with Crippen LogP contribution in [-0.2, 0) is 11.3 Å². The van der Waals surface area contributed by atoms with Gasteiger partial charge >= 0.3 is 6.09 Å². The van der Waals surface area contributed by atoms with Crippen LogP contribution in [0.2, 0.25) is 0 Å². The van der Waals surface area contributed by atoms with Gasteiger partial charge in [0.25, 0.3) is 0 Å². The molecule has 0 aliphatic carbocycles. The summed E-state index contributed by atoms with van der Waals surface area (Å²) in [6.45, 7) is 5.81. The third kappa shape index (κ3) is 3.94. The summed E-state index contributed by atoms with van der Waals surface area (Å²) in [5.74, 6) is 0.403. The topological polar surface area (TPSA) is 74.0 Å². The molecule has 29 heavy (non-hydrogen) atoms. The normalized spacial score (nSPS) is 11.9. The standard InChI is InChI=1S/C22H23FN4O2/c1-22(2,3)29-21(28)27(4)12-20-25-17-8-5-13(9-19(17)26-20)16-11-24-18-10-14(23)6-7-15(16)18/h5-11,24H,12H2,1-4H3,(H,25,26). The van der Waals surface area contributed by atoms with Gasteiger partial charge in [0.05, 0.1) is 17.6 Å².